The van der Waals surface area contributed by atoms with Gasteiger partial charge in [0.2, 0.25) is 0 Å². The number of ether oxygens (including phenoxy) is 3. The van der Waals surface area contributed by atoms with E-state index in [0.717, 1.165) is 18.9 Å². The average molecular weight is 389 g/mol. The SMILES string of the molecule is CN=C(NCCOCCOC)N(C)CCC(NC(=O)OC(C)(C)C)C(C)C. The van der Waals surface area contributed by atoms with Crippen LogP contribution in [0.5, 0.6) is 0 Å². The summed E-state index contributed by atoms with van der Waals surface area (Å²) in [4.78, 5) is 18.4. The van der Waals surface area contributed by atoms with Crippen LogP contribution in [-0.2, 0) is 14.2 Å². The van der Waals surface area contributed by atoms with E-state index < -0.39 is 5.60 Å². The van der Waals surface area contributed by atoms with Gasteiger partial charge in [-0.1, -0.05) is 13.8 Å². The van der Waals surface area contributed by atoms with Gasteiger partial charge in [-0.15, -0.1) is 0 Å². The number of hydrogen-bond acceptors (Lipinski definition) is 5. The van der Waals surface area contributed by atoms with E-state index in [-0.39, 0.29) is 12.1 Å². The number of amides is 1. The van der Waals surface area contributed by atoms with Crippen LogP contribution < -0.4 is 10.6 Å². The van der Waals surface area contributed by atoms with Crippen LogP contribution in [0.4, 0.5) is 4.79 Å². The summed E-state index contributed by atoms with van der Waals surface area (Å²) < 4.78 is 15.7. The maximum absolute atomic E-state index is 12.1. The number of carbonyl (C=O) groups excluding carboxylic acids is 1. The first-order valence-electron chi connectivity index (χ1n) is 9.58. The van der Waals surface area contributed by atoms with Crippen molar-refractivity contribution in [2.24, 2.45) is 10.9 Å². The van der Waals surface area contributed by atoms with E-state index in [1.807, 2.05) is 32.7 Å². The number of alkyl carbamates (subject to hydrolysis) is 1. The first-order chi connectivity index (χ1) is 12.6. The molecule has 8 nitrogen and oxygen atoms in total. The number of methoxy groups -OCH3 is 1. The van der Waals surface area contributed by atoms with Gasteiger partial charge in [0.15, 0.2) is 5.96 Å². The Morgan fingerprint density at radius 2 is 1.85 bits per heavy atom. The molecule has 0 saturated carbocycles. The fourth-order valence-electron chi connectivity index (χ4n) is 2.33. The lowest BCUT2D eigenvalue weighted by Gasteiger charge is -2.28. The summed E-state index contributed by atoms with van der Waals surface area (Å²) in [6, 6.07) is 0.0257. The van der Waals surface area contributed by atoms with Crippen molar-refractivity contribution in [3.05, 3.63) is 0 Å². The molecule has 1 atom stereocenters. The third kappa shape index (κ3) is 13.3. The molecule has 0 aliphatic carbocycles. The van der Waals surface area contributed by atoms with Crippen molar-refractivity contribution in [1.29, 1.82) is 0 Å². The van der Waals surface area contributed by atoms with Gasteiger partial charge in [-0.2, -0.15) is 0 Å². The van der Waals surface area contributed by atoms with Crippen LogP contribution in [-0.4, -0.2) is 82.7 Å². The summed E-state index contributed by atoms with van der Waals surface area (Å²) in [5.41, 5.74) is -0.500. The fraction of sp³-hybridized carbons (Fsp3) is 0.895. The molecule has 160 valence electrons. The Balaban J connectivity index is 4.36. The van der Waals surface area contributed by atoms with E-state index >= 15 is 0 Å². The smallest absolute Gasteiger partial charge is 0.407 e. The molecule has 0 aromatic heterocycles. The molecule has 0 heterocycles. The van der Waals surface area contributed by atoms with E-state index in [4.69, 9.17) is 14.2 Å². The van der Waals surface area contributed by atoms with E-state index in [2.05, 4.69) is 29.5 Å². The van der Waals surface area contributed by atoms with Gasteiger partial charge in [-0.05, 0) is 33.1 Å². The molecule has 8 heteroatoms. The third-order valence-corrected chi connectivity index (χ3v) is 3.82. The first-order valence-corrected chi connectivity index (χ1v) is 9.58. The molecule has 0 saturated heterocycles. The molecule has 1 amide bonds. The van der Waals surface area contributed by atoms with Gasteiger partial charge in [0, 0.05) is 40.3 Å². The van der Waals surface area contributed by atoms with Crippen LogP contribution in [0.2, 0.25) is 0 Å². The molecular formula is C19H40N4O4. The number of hydrogen-bond donors (Lipinski definition) is 2. The van der Waals surface area contributed by atoms with Crippen LogP contribution in [0.25, 0.3) is 0 Å². The summed E-state index contributed by atoms with van der Waals surface area (Å²) in [5.74, 6) is 1.10. The quantitative estimate of drug-likeness (QED) is 0.320. The molecule has 0 rings (SSSR count). The molecule has 0 aliphatic heterocycles. The third-order valence-electron chi connectivity index (χ3n) is 3.82. The summed E-state index contributed by atoms with van der Waals surface area (Å²) >= 11 is 0. The molecule has 2 N–H and O–H groups in total. The molecule has 0 bridgehead atoms. The van der Waals surface area contributed by atoms with Crippen LogP contribution in [0, 0.1) is 5.92 Å². The normalized spacial score (nSPS) is 13.4. The Hall–Kier alpha value is -1.54. The van der Waals surface area contributed by atoms with Gasteiger partial charge in [0.05, 0.1) is 19.8 Å². The Morgan fingerprint density at radius 3 is 2.37 bits per heavy atom. The van der Waals surface area contributed by atoms with Gasteiger partial charge in [0.1, 0.15) is 5.60 Å². The van der Waals surface area contributed by atoms with Crippen molar-refractivity contribution in [3.8, 4) is 0 Å². The average Bonchev–Trinajstić information content (AvgIpc) is 2.55. The minimum atomic E-state index is -0.500. The van der Waals surface area contributed by atoms with Gasteiger partial charge in [-0.25, -0.2) is 4.79 Å². The number of nitrogens with zero attached hydrogens (tertiary/aromatic N) is 2. The molecule has 0 aromatic carbocycles. The highest BCUT2D eigenvalue weighted by Crippen LogP contribution is 2.11. The number of rotatable bonds is 11. The van der Waals surface area contributed by atoms with Crippen molar-refractivity contribution in [3.63, 3.8) is 0 Å². The molecular weight excluding hydrogens is 348 g/mol. The zero-order chi connectivity index (χ0) is 20.9. The van der Waals surface area contributed by atoms with E-state index in [1.165, 1.54) is 0 Å². The number of carbonyl (C=O) groups is 1. The zero-order valence-electron chi connectivity index (χ0n) is 18.4. The largest absolute Gasteiger partial charge is 0.444 e. The molecule has 0 radical (unpaired) electrons. The number of guanidine groups is 1. The fourth-order valence-corrected chi connectivity index (χ4v) is 2.33. The summed E-state index contributed by atoms with van der Waals surface area (Å²) in [6.07, 6.45) is 0.415. The minimum Gasteiger partial charge on any atom is -0.444 e. The molecule has 0 aliphatic rings. The second kappa shape index (κ2) is 13.6. The lowest BCUT2D eigenvalue weighted by molar-refractivity contribution is 0.0485. The first kappa shape index (κ1) is 25.5. The molecule has 1 unspecified atom stereocenters. The van der Waals surface area contributed by atoms with Gasteiger partial charge in [-0.3, -0.25) is 4.99 Å². The standard InChI is InChI=1S/C19H40N4O4/c1-15(2)16(22-18(24)27-19(3,4)5)9-11-23(7)17(20-6)21-10-12-26-14-13-25-8/h15-16H,9-14H2,1-8H3,(H,20,21)(H,22,24). The lowest BCUT2D eigenvalue weighted by atomic mass is 10.0. The highest BCUT2D eigenvalue weighted by Gasteiger charge is 2.22. The monoisotopic (exact) mass is 388 g/mol. The Morgan fingerprint density at radius 1 is 1.19 bits per heavy atom. The second-order valence-corrected chi connectivity index (χ2v) is 7.79. The van der Waals surface area contributed by atoms with Crippen molar-refractivity contribution < 1.29 is 19.0 Å². The van der Waals surface area contributed by atoms with E-state index in [1.54, 1.807) is 14.2 Å². The predicted octanol–water partition coefficient (Wildman–Crippen LogP) is 2.10. The maximum Gasteiger partial charge on any atom is 0.407 e. The number of aliphatic imine (C=N–C) groups is 1. The molecule has 0 fully saturated rings. The predicted molar refractivity (Wildman–Crippen MR) is 109 cm³/mol. The van der Waals surface area contributed by atoms with Crippen LogP contribution in [0.15, 0.2) is 4.99 Å². The zero-order valence-corrected chi connectivity index (χ0v) is 18.4. The maximum atomic E-state index is 12.1. The highest BCUT2D eigenvalue weighted by molar-refractivity contribution is 5.79. The van der Waals surface area contributed by atoms with Crippen LogP contribution in [0.1, 0.15) is 41.0 Å². The van der Waals surface area contributed by atoms with Crippen molar-refractivity contribution in [2.45, 2.75) is 52.7 Å². The van der Waals surface area contributed by atoms with E-state index in [0.29, 0.717) is 32.3 Å². The summed E-state index contributed by atoms with van der Waals surface area (Å²) in [6.45, 7) is 12.9. The lowest BCUT2D eigenvalue weighted by Crippen LogP contribution is -2.45. The van der Waals surface area contributed by atoms with Gasteiger partial charge < -0.3 is 29.7 Å². The Kier molecular flexibility index (Phi) is 12.8. The second-order valence-electron chi connectivity index (χ2n) is 7.79. The summed E-state index contributed by atoms with van der Waals surface area (Å²) in [5, 5.41) is 6.25. The van der Waals surface area contributed by atoms with Crippen molar-refractivity contribution in [2.75, 3.05) is 54.1 Å². The van der Waals surface area contributed by atoms with Gasteiger partial charge >= 0.3 is 6.09 Å². The topological polar surface area (TPSA) is 84.4 Å². The molecule has 27 heavy (non-hydrogen) atoms. The van der Waals surface area contributed by atoms with Crippen molar-refractivity contribution in [1.82, 2.24) is 15.5 Å². The van der Waals surface area contributed by atoms with Crippen LogP contribution in [0.3, 0.4) is 0 Å². The Bertz CT molecular complexity index is 436. The van der Waals surface area contributed by atoms with E-state index in [9.17, 15) is 4.79 Å². The van der Waals surface area contributed by atoms with Crippen molar-refractivity contribution >= 4 is 12.1 Å². The van der Waals surface area contributed by atoms with Gasteiger partial charge in [0.25, 0.3) is 0 Å². The molecule has 0 aromatic rings. The molecule has 0 spiro atoms. The van der Waals surface area contributed by atoms with Crippen LogP contribution >= 0.6 is 0 Å². The highest BCUT2D eigenvalue weighted by atomic mass is 16.6. The minimum absolute atomic E-state index is 0.0257. The Labute approximate surface area is 165 Å². The number of nitrogens with one attached hydrogen (secondary N) is 2. The summed E-state index contributed by atoms with van der Waals surface area (Å²) in [7, 11) is 5.38.